The summed E-state index contributed by atoms with van der Waals surface area (Å²) in [6, 6.07) is 4.72. The third-order valence-electron chi connectivity index (χ3n) is 5.68. The van der Waals surface area contributed by atoms with Gasteiger partial charge in [0, 0.05) is 23.7 Å². The van der Waals surface area contributed by atoms with Crippen molar-refractivity contribution in [1.82, 2.24) is 20.4 Å². The molecule has 2 aliphatic heterocycles. The van der Waals surface area contributed by atoms with Gasteiger partial charge in [-0.2, -0.15) is 5.10 Å². The van der Waals surface area contributed by atoms with Crippen LogP contribution < -0.4 is 10.0 Å². The molecular weight excluding hydrogens is 414 g/mol. The lowest BCUT2D eigenvalue weighted by molar-refractivity contribution is 0.0694. The van der Waals surface area contributed by atoms with Crippen LogP contribution in [0.3, 0.4) is 0 Å². The van der Waals surface area contributed by atoms with Gasteiger partial charge in [-0.3, -0.25) is 14.6 Å². The fraction of sp³-hybridized carbons (Fsp3) is 0.474. The van der Waals surface area contributed by atoms with E-state index in [1.807, 2.05) is 4.90 Å². The normalized spacial score (nSPS) is 18.0. The summed E-state index contributed by atoms with van der Waals surface area (Å²) >= 11 is 6.06. The average Bonchev–Trinajstić information content (AvgIpc) is 3.10. The summed E-state index contributed by atoms with van der Waals surface area (Å²) in [5.41, 5.74) is 1.45. The first-order valence-electron chi connectivity index (χ1n) is 9.72. The van der Waals surface area contributed by atoms with Crippen LogP contribution in [0.25, 0.3) is 0 Å². The maximum Gasteiger partial charge on any atom is 0.272 e. The largest absolute Gasteiger partial charge is 0.337 e. The van der Waals surface area contributed by atoms with Gasteiger partial charge in [-0.25, -0.2) is 8.42 Å². The first-order chi connectivity index (χ1) is 13.9. The third-order valence-corrected chi connectivity index (χ3v) is 7.57. The van der Waals surface area contributed by atoms with E-state index >= 15 is 0 Å². The summed E-state index contributed by atoms with van der Waals surface area (Å²) in [4.78, 5) is 14.8. The minimum absolute atomic E-state index is 0.0939. The SMILES string of the molecule is Cc1c(Cl)cccc1S(=O)(=O)Nc1n[nH]c2c1CCN(CC1CCNCC1)C2=O. The van der Waals surface area contributed by atoms with Crippen molar-refractivity contribution in [3.8, 4) is 0 Å². The molecule has 0 bridgehead atoms. The van der Waals surface area contributed by atoms with Gasteiger partial charge in [-0.05, 0) is 62.9 Å². The van der Waals surface area contributed by atoms with Crippen molar-refractivity contribution < 1.29 is 13.2 Å². The predicted octanol–water partition coefficient (Wildman–Crippen LogP) is 2.17. The molecule has 8 nitrogen and oxygen atoms in total. The number of halogens is 1. The molecule has 1 saturated heterocycles. The van der Waals surface area contributed by atoms with E-state index in [-0.39, 0.29) is 16.6 Å². The van der Waals surface area contributed by atoms with Gasteiger partial charge in [0.25, 0.3) is 15.9 Å². The van der Waals surface area contributed by atoms with Gasteiger partial charge in [-0.15, -0.1) is 0 Å². The molecule has 156 valence electrons. The van der Waals surface area contributed by atoms with E-state index < -0.39 is 10.0 Å². The topological polar surface area (TPSA) is 107 Å². The molecule has 3 N–H and O–H groups in total. The Morgan fingerprint density at radius 2 is 2.07 bits per heavy atom. The molecule has 10 heteroatoms. The van der Waals surface area contributed by atoms with Crippen molar-refractivity contribution in [3.05, 3.63) is 40.0 Å². The van der Waals surface area contributed by atoms with Crippen molar-refractivity contribution in [2.24, 2.45) is 5.92 Å². The zero-order chi connectivity index (χ0) is 20.6. The van der Waals surface area contributed by atoms with E-state index in [4.69, 9.17) is 11.6 Å². The fourth-order valence-corrected chi connectivity index (χ4v) is 5.52. The van der Waals surface area contributed by atoms with Crippen LogP contribution in [0.1, 0.15) is 34.5 Å². The third kappa shape index (κ3) is 3.99. The molecule has 3 heterocycles. The molecule has 0 radical (unpaired) electrons. The maximum atomic E-state index is 12.9. The Balaban J connectivity index is 1.53. The van der Waals surface area contributed by atoms with Crippen molar-refractivity contribution in [2.75, 3.05) is 30.9 Å². The number of carbonyl (C=O) groups excluding carboxylic acids is 1. The monoisotopic (exact) mass is 437 g/mol. The number of anilines is 1. The van der Waals surface area contributed by atoms with E-state index in [1.165, 1.54) is 6.07 Å². The number of H-pyrrole nitrogens is 1. The Morgan fingerprint density at radius 3 is 2.83 bits per heavy atom. The molecule has 0 spiro atoms. The molecule has 4 rings (SSSR count). The molecule has 0 aliphatic carbocycles. The Hall–Kier alpha value is -2.10. The van der Waals surface area contributed by atoms with E-state index in [9.17, 15) is 13.2 Å². The second-order valence-electron chi connectivity index (χ2n) is 7.59. The number of benzene rings is 1. The minimum Gasteiger partial charge on any atom is -0.337 e. The van der Waals surface area contributed by atoms with Gasteiger partial charge < -0.3 is 10.2 Å². The smallest absolute Gasteiger partial charge is 0.272 e. The number of aromatic amines is 1. The lowest BCUT2D eigenvalue weighted by atomic mass is 9.96. The van der Waals surface area contributed by atoms with Gasteiger partial charge >= 0.3 is 0 Å². The van der Waals surface area contributed by atoms with Gasteiger partial charge in [0.1, 0.15) is 5.69 Å². The predicted molar refractivity (Wildman–Crippen MR) is 111 cm³/mol. The first kappa shape index (κ1) is 20.2. The zero-order valence-corrected chi connectivity index (χ0v) is 17.7. The molecule has 1 fully saturated rings. The number of piperidine rings is 1. The van der Waals surface area contributed by atoms with Crippen LogP contribution in [0.15, 0.2) is 23.1 Å². The van der Waals surface area contributed by atoms with E-state index in [2.05, 4.69) is 20.2 Å². The molecule has 0 unspecified atom stereocenters. The average molecular weight is 438 g/mol. The van der Waals surface area contributed by atoms with Crippen LogP contribution in [0.2, 0.25) is 5.02 Å². The number of nitrogens with one attached hydrogen (secondary N) is 3. The van der Waals surface area contributed by atoms with E-state index in [0.29, 0.717) is 40.7 Å². The molecule has 1 aromatic carbocycles. The van der Waals surface area contributed by atoms with Crippen molar-refractivity contribution in [1.29, 1.82) is 0 Å². The van der Waals surface area contributed by atoms with Gasteiger partial charge in [-0.1, -0.05) is 17.7 Å². The number of nitrogens with zero attached hydrogens (tertiary/aromatic N) is 2. The number of hydrogen-bond acceptors (Lipinski definition) is 5. The highest BCUT2D eigenvalue weighted by Gasteiger charge is 2.32. The van der Waals surface area contributed by atoms with Gasteiger partial charge in [0.2, 0.25) is 0 Å². The summed E-state index contributed by atoms with van der Waals surface area (Å²) in [6.45, 7) is 4.90. The second kappa shape index (κ2) is 7.97. The Kier molecular flexibility index (Phi) is 5.54. The van der Waals surface area contributed by atoms with Crippen LogP contribution >= 0.6 is 11.6 Å². The number of amides is 1. The Bertz CT molecular complexity index is 1030. The summed E-state index contributed by atoms with van der Waals surface area (Å²) < 4.78 is 28.2. The Labute approximate surface area is 175 Å². The number of hydrogen-bond donors (Lipinski definition) is 3. The first-order valence-corrected chi connectivity index (χ1v) is 11.6. The van der Waals surface area contributed by atoms with Crippen molar-refractivity contribution in [3.63, 3.8) is 0 Å². The molecular formula is C19H24ClN5O3S. The highest BCUT2D eigenvalue weighted by molar-refractivity contribution is 7.92. The molecule has 2 aliphatic rings. The molecule has 2 aromatic rings. The second-order valence-corrected chi connectivity index (χ2v) is 9.65. The molecule has 29 heavy (non-hydrogen) atoms. The number of fused-ring (bicyclic) bond motifs is 1. The summed E-state index contributed by atoms with van der Waals surface area (Å²) in [7, 11) is -3.87. The van der Waals surface area contributed by atoms with Crippen LogP contribution in [-0.2, 0) is 16.4 Å². The lowest BCUT2D eigenvalue weighted by Gasteiger charge is -2.32. The van der Waals surface area contributed by atoms with Crippen LogP contribution in [-0.4, -0.2) is 55.6 Å². The van der Waals surface area contributed by atoms with E-state index in [0.717, 1.165) is 32.5 Å². The van der Waals surface area contributed by atoms with Crippen molar-refractivity contribution in [2.45, 2.75) is 31.1 Å². The summed E-state index contributed by atoms with van der Waals surface area (Å²) in [5, 5.41) is 10.5. The highest BCUT2D eigenvalue weighted by atomic mass is 35.5. The maximum absolute atomic E-state index is 12.9. The summed E-state index contributed by atoms with van der Waals surface area (Å²) in [6.07, 6.45) is 2.67. The minimum atomic E-state index is -3.87. The fourth-order valence-electron chi connectivity index (χ4n) is 3.99. The standard InChI is InChI=1S/C19H24ClN5O3S/c1-12-15(20)3-2-4-16(12)29(27,28)24-18-14-7-10-25(19(26)17(14)22-23-18)11-13-5-8-21-9-6-13/h2-4,13,21H,5-11H2,1H3,(H2,22,23,24). The van der Waals surface area contributed by atoms with Gasteiger partial charge in [0.05, 0.1) is 4.90 Å². The summed E-state index contributed by atoms with van der Waals surface area (Å²) in [5.74, 6) is 0.546. The number of rotatable bonds is 5. The molecule has 0 atom stereocenters. The number of sulfonamides is 1. The number of carbonyl (C=O) groups is 1. The zero-order valence-electron chi connectivity index (χ0n) is 16.2. The molecule has 0 saturated carbocycles. The van der Waals surface area contributed by atoms with Crippen LogP contribution in [0.5, 0.6) is 0 Å². The molecule has 1 aromatic heterocycles. The van der Waals surface area contributed by atoms with Crippen LogP contribution in [0, 0.1) is 12.8 Å². The van der Waals surface area contributed by atoms with Crippen LogP contribution in [0.4, 0.5) is 5.82 Å². The van der Waals surface area contributed by atoms with E-state index in [1.54, 1.807) is 19.1 Å². The quantitative estimate of drug-likeness (QED) is 0.664. The van der Waals surface area contributed by atoms with Crippen molar-refractivity contribution >= 4 is 33.3 Å². The highest BCUT2D eigenvalue weighted by Crippen LogP contribution is 2.29. The Morgan fingerprint density at radius 1 is 1.31 bits per heavy atom. The van der Waals surface area contributed by atoms with Gasteiger partial charge in [0.15, 0.2) is 5.82 Å². The number of aromatic nitrogens is 2. The molecule has 1 amide bonds. The lowest BCUT2D eigenvalue weighted by Crippen LogP contribution is -2.43.